The van der Waals surface area contributed by atoms with Crippen molar-refractivity contribution in [3.05, 3.63) is 64.6 Å². The SMILES string of the molecule is CC(C(=O)O)[C@H]1CCCc2c1n([C@@H](C)c1ccc(C(F)(F)F)cc1)c1c(S(C)(=O)=O)cc(F)cc21. The van der Waals surface area contributed by atoms with Crippen LogP contribution in [0.3, 0.4) is 0 Å². The average Bonchev–Trinajstić information content (AvgIpc) is 3.10. The van der Waals surface area contributed by atoms with Crippen LogP contribution in [-0.4, -0.2) is 30.3 Å². The van der Waals surface area contributed by atoms with E-state index in [-0.39, 0.29) is 10.4 Å². The van der Waals surface area contributed by atoms with Gasteiger partial charge in [0.2, 0.25) is 0 Å². The monoisotopic (exact) mass is 511 g/mol. The van der Waals surface area contributed by atoms with Gasteiger partial charge >= 0.3 is 12.1 Å². The topological polar surface area (TPSA) is 76.4 Å². The molecule has 0 saturated heterocycles. The fourth-order valence-electron chi connectivity index (χ4n) is 5.20. The van der Waals surface area contributed by atoms with E-state index in [0.717, 1.165) is 24.5 Å². The van der Waals surface area contributed by atoms with Gasteiger partial charge in [-0.05, 0) is 61.6 Å². The summed E-state index contributed by atoms with van der Waals surface area (Å²) in [7, 11) is -3.90. The van der Waals surface area contributed by atoms with E-state index in [1.807, 2.05) is 0 Å². The Balaban J connectivity index is 2.06. The molecule has 188 valence electrons. The largest absolute Gasteiger partial charge is 0.481 e. The highest BCUT2D eigenvalue weighted by Crippen LogP contribution is 2.46. The van der Waals surface area contributed by atoms with Gasteiger partial charge in [0, 0.05) is 23.3 Å². The third-order valence-corrected chi connectivity index (χ3v) is 8.08. The van der Waals surface area contributed by atoms with Crippen molar-refractivity contribution >= 4 is 26.7 Å². The first-order valence-corrected chi connectivity index (χ1v) is 13.1. The van der Waals surface area contributed by atoms with Crippen LogP contribution in [0, 0.1) is 11.7 Å². The van der Waals surface area contributed by atoms with Crippen LogP contribution >= 0.6 is 0 Å². The molecule has 1 aliphatic rings. The number of benzene rings is 2. The summed E-state index contributed by atoms with van der Waals surface area (Å²) in [4.78, 5) is 11.7. The van der Waals surface area contributed by atoms with Crippen molar-refractivity contribution in [1.29, 1.82) is 0 Å². The van der Waals surface area contributed by atoms with E-state index in [2.05, 4.69) is 0 Å². The number of carboxylic acids is 1. The van der Waals surface area contributed by atoms with Crippen LogP contribution in [-0.2, 0) is 27.2 Å². The Morgan fingerprint density at radius 2 is 1.77 bits per heavy atom. The summed E-state index contributed by atoms with van der Waals surface area (Å²) in [5, 5.41) is 10.1. The maximum absolute atomic E-state index is 14.6. The molecular weight excluding hydrogens is 486 g/mol. The van der Waals surface area contributed by atoms with Crippen LogP contribution < -0.4 is 0 Å². The lowest BCUT2D eigenvalue weighted by atomic mass is 9.79. The van der Waals surface area contributed by atoms with Crippen LogP contribution in [0.25, 0.3) is 10.9 Å². The Kier molecular flexibility index (Phi) is 6.24. The molecule has 1 N–H and O–H groups in total. The minimum absolute atomic E-state index is 0.234. The van der Waals surface area contributed by atoms with E-state index in [0.29, 0.717) is 41.5 Å². The van der Waals surface area contributed by atoms with Gasteiger partial charge in [-0.2, -0.15) is 13.2 Å². The number of aliphatic carboxylic acids is 1. The average molecular weight is 512 g/mol. The number of rotatable bonds is 5. The normalized spacial score (nSPS) is 18.3. The molecule has 5 nitrogen and oxygen atoms in total. The molecule has 3 atom stereocenters. The van der Waals surface area contributed by atoms with Crippen molar-refractivity contribution in [3.8, 4) is 0 Å². The highest BCUT2D eigenvalue weighted by Gasteiger charge is 2.37. The third kappa shape index (κ3) is 4.44. The van der Waals surface area contributed by atoms with Gasteiger partial charge in [0.1, 0.15) is 5.82 Å². The second kappa shape index (κ2) is 8.65. The van der Waals surface area contributed by atoms with Crippen molar-refractivity contribution < 1.29 is 35.9 Å². The Labute approximate surface area is 200 Å². The van der Waals surface area contributed by atoms with E-state index >= 15 is 0 Å². The quantitative estimate of drug-likeness (QED) is 0.430. The van der Waals surface area contributed by atoms with Gasteiger partial charge in [0.15, 0.2) is 9.84 Å². The number of aryl methyl sites for hydroxylation is 1. The van der Waals surface area contributed by atoms with Crippen LogP contribution in [0.5, 0.6) is 0 Å². The third-order valence-electron chi connectivity index (χ3n) is 6.97. The van der Waals surface area contributed by atoms with Crippen LogP contribution in [0.2, 0.25) is 0 Å². The van der Waals surface area contributed by atoms with Gasteiger partial charge < -0.3 is 9.67 Å². The molecule has 0 radical (unpaired) electrons. The number of carbonyl (C=O) groups is 1. The predicted octanol–water partition coefficient (Wildman–Crippen LogP) is 5.95. The number of aromatic nitrogens is 1. The molecule has 4 rings (SSSR count). The lowest BCUT2D eigenvalue weighted by molar-refractivity contribution is -0.142. The first-order valence-electron chi connectivity index (χ1n) is 11.2. The van der Waals surface area contributed by atoms with Crippen molar-refractivity contribution in [2.75, 3.05) is 6.26 Å². The van der Waals surface area contributed by atoms with Crippen LogP contribution in [0.1, 0.15) is 61.0 Å². The Morgan fingerprint density at radius 3 is 2.31 bits per heavy atom. The number of hydrogen-bond acceptors (Lipinski definition) is 3. The summed E-state index contributed by atoms with van der Waals surface area (Å²) in [5.41, 5.74) is 1.20. The molecule has 1 unspecified atom stereocenters. The molecule has 0 amide bonds. The molecule has 0 aliphatic heterocycles. The van der Waals surface area contributed by atoms with E-state index in [4.69, 9.17) is 0 Å². The second-order valence-electron chi connectivity index (χ2n) is 9.23. The second-order valence-corrected chi connectivity index (χ2v) is 11.2. The number of hydrogen-bond donors (Lipinski definition) is 1. The lowest BCUT2D eigenvalue weighted by Crippen LogP contribution is -2.26. The summed E-state index contributed by atoms with van der Waals surface area (Å²) < 4.78 is 81.0. The van der Waals surface area contributed by atoms with Gasteiger partial charge in [0.25, 0.3) is 0 Å². The highest BCUT2D eigenvalue weighted by atomic mass is 32.2. The molecule has 0 spiro atoms. The molecule has 3 aromatic rings. The molecule has 10 heteroatoms. The van der Waals surface area contributed by atoms with Gasteiger partial charge in [0.05, 0.1) is 27.9 Å². The molecule has 1 aliphatic carbocycles. The molecule has 35 heavy (non-hydrogen) atoms. The smallest absolute Gasteiger partial charge is 0.416 e. The number of sulfone groups is 1. The van der Waals surface area contributed by atoms with Crippen LogP contribution in [0.15, 0.2) is 41.3 Å². The number of carboxylic acid groups (broad SMARTS) is 1. The Morgan fingerprint density at radius 1 is 1.14 bits per heavy atom. The van der Waals surface area contributed by atoms with Crippen molar-refractivity contribution in [2.45, 2.75) is 56.1 Å². The maximum atomic E-state index is 14.6. The van der Waals surface area contributed by atoms with E-state index < -0.39 is 51.2 Å². The zero-order valence-corrected chi connectivity index (χ0v) is 20.2. The van der Waals surface area contributed by atoms with Gasteiger partial charge in [-0.3, -0.25) is 4.79 Å². The molecule has 0 fully saturated rings. The number of alkyl halides is 3. The molecule has 0 bridgehead atoms. The molecular formula is C25H25F4NO4S. The standard InChI is InChI=1S/C25H25F4NO4S/c1-13(24(31)32)18-5-4-6-19-20-11-17(26)12-21(35(3,33)34)23(20)30(22(18)19)14(2)15-7-9-16(10-8-15)25(27,28)29/h7-14,18H,4-6H2,1-3H3,(H,31,32)/t13?,14-,18+/m0/s1. The highest BCUT2D eigenvalue weighted by molar-refractivity contribution is 7.91. The van der Waals surface area contributed by atoms with Crippen molar-refractivity contribution in [3.63, 3.8) is 0 Å². The number of halogens is 4. The molecule has 2 aromatic carbocycles. The van der Waals surface area contributed by atoms with E-state index in [9.17, 15) is 35.9 Å². The zero-order chi connectivity index (χ0) is 25.9. The zero-order valence-electron chi connectivity index (χ0n) is 19.4. The summed E-state index contributed by atoms with van der Waals surface area (Å²) in [6.45, 7) is 3.29. The first kappa shape index (κ1) is 25.2. The van der Waals surface area contributed by atoms with Gasteiger partial charge in [-0.1, -0.05) is 19.1 Å². The minimum Gasteiger partial charge on any atom is -0.481 e. The predicted molar refractivity (Wildman–Crippen MR) is 123 cm³/mol. The van der Waals surface area contributed by atoms with E-state index in [1.165, 1.54) is 18.2 Å². The summed E-state index contributed by atoms with van der Waals surface area (Å²) in [6, 6.07) is 6.12. The van der Waals surface area contributed by atoms with Crippen molar-refractivity contribution in [1.82, 2.24) is 4.57 Å². The Bertz CT molecular complexity index is 1410. The number of fused-ring (bicyclic) bond motifs is 3. The van der Waals surface area contributed by atoms with Crippen LogP contribution in [0.4, 0.5) is 17.6 Å². The van der Waals surface area contributed by atoms with Crippen molar-refractivity contribution in [2.24, 2.45) is 5.92 Å². The summed E-state index contributed by atoms with van der Waals surface area (Å²) in [5.74, 6) is -3.02. The fourth-order valence-corrected chi connectivity index (χ4v) is 6.09. The van der Waals surface area contributed by atoms with Gasteiger partial charge in [-0.15, -0.1) is 0 Å². The van der Waals surface area contributed by atoms with E-state index in [1.54, 1.807) is 18.4 Å². The van der Waals surface area contributed by atoms with Gasteiger partial charge in [-0.25, -0.2) is 12.8 Å². The summed E-state index contributed by atoms with van der Waals surface area (Å²) >= 11 is 0. The lowest BCUT2D eigenvalue weighted by Gasteiger charge is -2.31. The maximum Gasteiger partial charge on any atom is 0.416 e. The number of nitrogens with zero attached hydrogens (tertiary/aromatic N) is 1. The molecule has 0 saturated carbocycles. The molecule has 1 heterocycles. The summed E-state index contributed by atoms with van der Waals surface area (Å²) in [6.07, 6.45) is -1.85. The fraction of sp³-hybridized carbons (Fsp3) is 0.400. The minimum atomic E-state index is -4.51. The molecule has 1 aromatic heterocycles. The Hall–Kier alpha value is -2.88. The first-order chi connectivity index (χ1) is 16.2.